The molecule has 0 spiro atoms. The van der Waals surface area contributed by atoms with E-state index in [1.807, 2.05) is 17.9 Å². The van der Waals surface area contributed by atoms with Crippen LogP contribution in [-0.2, 0) is 15.0 Å². The lowest BCUT2D eigenvalue weighted by Gasteiger charge is -2.46. The van der Waals surface area contributed by atoms with Gasteiger partial charge in [0.25, 0.3) is 5.91 Å². The summed E-state index contributed by atoms with van der Waals surface area (Å²) in [4.78, 5) is 33.6. The molecule has 0 saturated carbocycles. The number of nitrogens with zero attached hydrogens (tertiary/aromatic N) is 4. The van der Waals surface area contributed by atoms with Crippen molar-refractivity contribution in [3.05, 3.63) is 65.7 Å². The van der Waals surface area contributed by atoms with Gasteiger partial charge in [-0.2, -0.15) is 0 Å². The van der Waals surface area contributed by atoms with Crippen molar-refractivity contribution in [2.75, 3.05) is 19.6 Å². The molecule has 44 heavy (non-hydrogen) atoms. The van der Waals surface area contributed by atoms with Gasteiger partial charge in [-0.3, -0.25) is 14.5 Å². The third kappa shape index (κ3) is 6.10. The molecule has 7 nitrogen and oxygen atoms in total. The van der Waals surface area contributed by atoms with E-state index in [4.69, 9.17) is 28.2 Å². The first-order chi connectivity index (χ1) is 21.2. The third-order valence-electron chi connectivity index (χ3n) is 10.5. The largest absolute Gasteiger partial charge is 0.342 e. The van der Waals surface area contributed by atoms with Crippen molar-refractivity contribution in [2.24, 2.45) is 0 Å². The molecule has 236 valence electrons. The number of imidazole rings is 1. The molecular weight excluding hydrogens is 600 g/mol. The second-order valence-corrected chi connectivity index (χ2v) is 14.0. The van der Waals surface area contributed by atoms with E-state index >= 15 is 0 Å². The van der Waals surface area contributed by atoms with Crippen LogP contribution >= 0.6 is 23.2 Å². The van der Waals surface area contributed by atoms with Crippen molar-refractivity contribution in [3.63, 3.8) is 0 Å². The van der Waals surface area contributed by atoms with Gasteiger partial charge in [-0.05, 0) is 100 Å². The first-order valence-corrected chi connectivity index (χ1v) is 16.9. The molecule has 1 unspecified atom stereocenters. The lowest BCUT2D eigenvalue weighted by molar-refractivity contribution is -0.137. The Morgan fingerprint density at radius 1 is 1.05 bits per heavy atom. The van der Waals surface area contributed by atoms with Gasteiger partial charge in [0.15, 0.2) is 4.84 Å². The van der Waals surface area contributed by atoms with E-state index in [0.717, 1.165) is 55.6 Å². The fourth-order valence-electron chi connectivity index (χ4n) is 8.24. The van der Waals surface area contributed by atoms with Crippen LogP contribution in [0.15, 0.2) is 48.5 Å². The normalized spacial score (nSPS) is 24.1. The Labute approximate surface area is 269 Å². The average Bonchev–Trinajstić information content (AvgIpc) is 3.48. The van der Waals surface area contributed by atoms with Crippen molar-refractivity contribution in [1.29, 1.82) is 0 Å². The molecule has 3 fully saturated rings. The van der Waals surface area contributed by atoms with Gasteiger partial charge in [-0.15, -0.1) is 0 Å². The number of aromatic nitrogens is 2. The zero-order valence-electron chi connectivity index (χ0n) is 25.5. The molecule has 3 aromatic rings. The van der Waals surface area contributed by atoms with Crippen LogP contribution in [0.5, 0.6) is 0 Å². The van der Waals surface area contributed by atoms with Gasteiger partial charge in [0.1, 0.15) is 17.7 Å². The van der Waals surface area contributed by atoms with Crippen LogP contribution in [0, 0.1) is 12.7 Å². The quantitative estimate of drug-likeness (QED) is 0.278. The van der Waals surface area contributed by atoms with Crippen molar-refractivity contribution in [3.8, 4) is 0 Å². The van der Waals surface area contributed by atoms with E-state index in [9.17, 15) is 14.0 Å². The van der Waals surface area contributed by atoms with E-state index in [-0.39, 0.29) is 17.1 Å². The molecule has 1 N–H and O–H groups in total. The number of amides is 2. The molecule has 3 aliphatic rings. The van der Waals surface area contributed by atoms with Crippen LogP contribution in [0.3, 0.4) is 0 Å². The molecule has 4 atom stereocenters. The summed E-state index contributed by atoms with van der Waals surface area (Å²) < 4.78 is 17.0. The number of para-hydroxylation sites is 2. The number of alkyl halides is 2. The fraction of sp³-hybridized carbons (Fsp3) is 0.559. The number of rotatable bonds is 9. The number of benzene rings is 2. The number of likely N-dealkylation sites (tertiary alicyclic amines) is 1. The predicted octanol–water partition coefficient (Wildman–Crippen LogP) is 6.30. The highest BCUT2D eigenvalue weighted by atomic mass is 35.5. The number of hydrogen-bond donors (Lipinski definition) is 1. The Hall–Kier alpha value is -2.68. The Kier molecular flexibility index (Phi) is 9.23. The van der Waals surface area contributed by atoms with E-state index < -0.39 is 16.8 Å². The monoisotopic (exact) mass is 641 g/mol. The minimum atomic E-state index is -1.22. The highest BCUT2D eigenvalue weighted by molar-refractivity contribution is 6.53. The lowest BCUT2D eigenvalue weighted by Crippen LogP contribution is -2.54. The lowest BCUT2D eigenvalue weighted by atomic mass is 9.70. The van der Waals surface area contributed by atoms with E-state index in [1.54, 1.807) is 12.1 Å². The number of aryl methyl sites for hydroxylation is 1. The summed E-state index contributed by atoms with van der Waals surface area (Å²) in [5.74, 6) is 0.180. The molecule has 2 aromatic carbocycles. The molecule has 2 amide bonds. The fourth-order valence-corrected chi connectivity index (χ4v) is 8.37. The maximum atomic E-state index is 14.5. The maximum Gasteiger partial charge on any atom is 0.253 e. The first-order valence-electron chi connectivity index (χ1n) is 16.0. The SMILES string of the molecule is CC[C@H](NC(=O)C(Cl)Cl)C(=O)N1CCC(CCN2[C@@H]3CC[C@H]2CC(n2c(C)nc4ccccc42)C3)(c2cccc(F)c2)CC1. The highest BCUT2D eigenvalue weighted by Crippen LogP contribution is 2.45. The number of nitrogens with one attached hydrogen (secondary N) is 1. The average molecular weight is 643 g/mol. The molecule has 6 rings (SSSR count). The Morgan fingerprint density at radius 3 is 2.41 bits per heavy atom. The van der Waals surface area contributed by atoms with Crippen molar-refractivity contribution in [1.82, 2.24) is 24.7 Å². The summed E-state index contributed by atoms with van der Waals surface area (Å²) >= 11 is 11.4. The molecule has 3 saturated heterocycles. The van der Waals surface area contributed by atoms with Gasteiger partial charge in [-0.1, -0.05) is 54.4 Å². The molecule has 10 heteroatoms. The Bertz CT molecular complexity index is 1490. The smallest absolute Gasteiger partial charge is 0.253 e. The Morgan fingerprint density at radius 2 is 1.75 bits per heavy atom. The summed E-state index contributed by atoms with van der Waals surface area (Å²) in [7, 11) is 0. The summed E-state index contributed by atoms with van der Waals surface area (Å²) in [6.07, 6.45) is 7.49. The summed E-state index contributed by atoms with van der Waals surface area (Å²) in [5, 5.41) is 2.68. The number of fused-ring (bicyclic) bond motifs is 3. The van der Waals surface area contributed by atoms with E-state index in [2.05, 4.69) is 46.0 Å². The summed E-state index contributed by atoms with van der Waals surface area (Å²) in [6, 6.07) is 16.3. The number of carbonyl (C=O) groups is 2. The van der Waals surface area contributed by atoms with E-state index in [1.165, 1.54) is 24.4 Å². The van der Waals surface area contributed by atoms with Gasteiger partial charge >= 0.3 is 0 Å². The zero-order valence-corrected chi connectivity index (χ0v) is 27.0. The molecule has 3 aliphatic heterocycles. The van der Waals surface area contributed by atoms with Gasteiger partial charge in [0.05, 0.1) is 11.0 Å². The summed E-state index contributed by atoms with van der Waals surface area (Å²) in [5.41, 5.74) is 3.08. The zero-order chi connectivity index (χ0) is 31.0. The van der Waals surface area contributed by atoms with Crippen molar-refractivity contribution < 1.29 is 14.0 Å². The molecule has 2 bridgehead atoms. The molecular formula is C34H42Cl2FN5O2. The second-order valence-electron chi connectivity index (χ2n) is 12.9. The summed E-state index contributed by atoms with van der Waals surface area (Å²) in [6.45, 7) is 6.03. The molecule has 0 aliphatic carbocycles. The number of hydrogen-bond acceptors (Lipinski definition) is 4. The van der Waals surface area contributed by atoms with Crippen LogP contribution < -0.4 is 5.32 Å². The molecule has 0 radical (unpaired) electrons. The van der Waals surface area contributed by atoms with Crippen molar-refractivity contribution >= 4 is 46.0 Å². The van der Waals surface area contributed by atoms with Crippen LogP contribution in [0.4, 0.5) is 4.39 Å². The minimum Gasteiger partial charge on any atom is -0.342 e. The third-order valence-corrected chi connectivity index (χ3v) is 10.9. The van der Waals surface area contributed by atoms with Gasteiger partial charge in [0.2, 0.25) is 5.91 Å². The minimum absolute atomic E-state index is 0.120. The second kappa shape index (κ2) is 13.0. The van der Waals surface area contributed by atoms with Gasteiger partial charge in [-0.25, -0.2) is 9.37 Å². The Balaban J connectivity index is 1.16. The van der Waals surface area contributed by atoms with Crippen LogP contribution in [0.2, 0.25) is 0 Å². The van der Waals surface area contributed by atoms with Crippen LogP contribution in [-0.4, -0.2) is 73.8 Å². The number of carbonyl (C=O) groups excluding carboxylic acids is 2. The van der Waals surface area contributed by atoms with Crippen molar-refractivity contribution in [2.45, 2.75) is 99.6 Å². The number of piperidine rings is 2. The predicted molar refractivity (Wildman–Crippen MR) is 172 cm³/mol. The number of halogens is 3. The van der Waals surface area contributed by atoms with E-state index in [0.29, 0.717) is 37.6 Å². The molecule has 4 heterocycles. The first kappa shape index (κ1) is 31.3. The van der Waals surface area contributed by atoms with Gasteiger partial charge < -0.3 is 14.8 Å². The highest BCUT2D eigenvalue weighted by Gasteiger charge is 2.44. The molecule has 1 aromatic heterocycles. The maximum absolute atomic E-state index is 14.5. The van der Waals surface area contributed by atoms with Crippen LogP contribution in [0.1, 0.15) is 75.7 Å². The standard InChI is InChI=1S/C34H42Cl2FN5O2/c1-3-28(39-32(43)31(35)36)33(44)40-16-13-34(14-17-40,23-7-6-8-24(37)19-23)15-18-41-25-11-12-26(41)21-27(20-25)42-22(2)38-29-9-4-5-10-30(29)42/h4-10,19,25-28,31H,3,11-18,20-21H2,1-2H3,(H,39,43)/t25-,26+,27?,28-/m0/s1. The van der Waals surface area contributed by atoms with Gasteiger partial charge in [0, 0.05) is 31.2 Å². The van der Waals surface area contributed by atoms with Crippen LogP contribution in [0.25, 0.3) is 11.0 Å². The topological polar surface area (TPSA) is 70.5 Å².